The highest BCUT2D eigenvalue weighted by molar-refractivity contribution is 5.77. The van der Waals surface area contributed by atoms with Crippen molar-refractivity contribution in [2.45, 2.75) is 58.5 Å². The van der Waals surface area contributed by atoms with Gasteiger partial charge in [-0.15, -0.1) is 0 Å². The van der Waals surface area contributed by atoms with E-state index < -0.39 is 11.0 Å². The van der Waals surface area contributed by atoms with Crippen molar-refractivity contribution in [2.75, 3.05) is 0 Å². The molecular formula is C29H34O3. The quantitative estimate of drug-likeness (QED) is 0.392. The van der Waals surface area contributed by atoms with E-state index >= 15 is 0 Å². The summed E-state index contributed by atoms with van der Waals surface area (Å²) >= 11 is 0. The Hall–Kier alpha value is -3.07. The molecule has 0 aliphatic heterocycles. The van der Waals surface area contributed by atoms with E-state index in [9.17, 15) is 9.90 Å². The highest BCUT2D eigenvalue weighted by Crippen LogP contribution is 2.43. The summed E-state index contributed by atoms with van der Waals surface area (Å²) in [6, 6.07) is 27.1. The van der Waals surface area contributed by atoms with Crippen molar-refractivity contribution in [3.05, 3.63) is 102 Å². The third-order valence-corrected chi connectivity index (χ3v) is 6.70. The van der Waals surface area contributed by atoms with Crippen LogP contribution in [0.3, 0.4) is 0 Å². The van der Waals surface area contributed by atoms with Gasteiger partial charge in [0.1, 0.15) is 5.75 Å². The minimum atomic E-state index is -0.890. The van der Waals surface area contributed by atoms with Crippen molar-refractivity contribution in [3.63, 3.8) is 0 Å². The molecule has 0 heterocycles. The fraction of sp³-hybridized carbons (Fsp3) is 0.345. The van der Waals surface area contributed by atoms with Gasteiger partial charge in [0.05, 0.1) is 5.41 Å². The summed E-state index contributed by atoms with van der Waals surface area (Å²) in [5.41, 5.74) is 1.13. The fourth-order valence-electron chi connectivity index (χ4n) is 4.44. The van der Waals surface area contributed by atoms with Gasteiger partial charge in [-0.2, -0.15) is 0 Å². The first kappa shape index (κ1) is 23.6. The molecule has 1 N–H and O–H groups in total. The molecule has 0 aliphatic rings. The molecule has 0 radical (unpaired) electrons. The second-order valence-electron chi connectivity index (χ2n) is 9.68. The number of hydrogen-bond acceptors (Lipinski definition) is 3. The van der Waals surface area contributed by atoms with Crippen molar-refractivity contribution < 1.29 is 14.6 Å². The maximum absolute atomic E-state index is 13.8. The van der Waals surface area contributed by atoms with E-state index in [-0.39, 0.29) is 17.1 Å². The van der Waals surface area contributed by atoms with Crippen LogP contribution in [0.15, 0.2) is 84.9 Å². The number of phenols is 1. The highest BCUT2D eigenvalue weighted by atomic mass is 16.6. The average molecular weight is 431 g/mol. The summed E-state index contributed by atoms with van der Waals surface area (Å²) < 4.78 is 6.39. The van der Waals surface area contributed by atoms with E-state index in [0.29, 0.717) is 12.8 Å². The van der Waals surface area contributed by atoms with Crippen LogP contribution in [0.1, 0.15) is 64.2 Å². The smallest absolute Gasteiger partial charge is 0.313 e. The normalized spacial score (nSPS) is 13.9. The summed E-state index contributed by atoms with van der Waals surface area (Å²) in [6.07, 6.45) is 1.28. The standard InChI is InChI=1S/C29H34O3/c1-6-28(4,21-27(2,3)22-17-19-25(30)20-18-22)26(31)32-29(5,23-13-9-7-10-14-23)24-15-11-8-12-16-24/h7-20,30H,6,21H2,1-5H3. The van der Waals surface area contributed by atoms with Gasteiger partial charge in [0.2, 0.25) is 0 Å². The fourth-order valence-corrected chi connectivity index (χ4v) is 4.44. The summed E-state index contributed by atoms with van der Waals surface area (Å²) in [6.45, 7) is 10.3. The number of esters is 1. The molecule has 3 rings (SSSR count). The lowest BCUT2D eigenvalue weighted by atomic mass is 9.69. The Balaban J connectivity index is 1.94. The van der Waals surface area contributed by atoms with Gasteiger partial charge in [0, 0.05) is 0 Å². The van der Waals surface area contributed by atoms with Crippen LogP contribution < -0.4 is 0 Å². The topological polar surface area (TPSA) is 46.5 Å². The number of carbonyl (C=O) groups is 1. The summed E-state index contributed by atoms with van der Waals surface area (Å²) in [7, 11) is 0. The van der Waals surface area contributed by atoms with E-state index in [2.05, 4.69) is 13.8 Å². The zero-order chi connectivity index (χ0) is 23.4. The summed E-state index contributed by atoms with van der Waals surface area (Å²) in [5, 5.41) is 9.66. The molecule has 1 unspecified atom stereocenters. The Morgan fingerprint density at radius 2 is 1.22 bits per heavy atom. The summed E-state index contributed by atoms with van der Waals surface area (Å²) in [4.78, 5) is 13.8. The molecule has 0 spiro atoms. The Bertz CT molecular complexity index is 984. The molecule has 0 saturated carbocycles. The van der Waals surface area contributed by atoms with Crippen LogP contribution in [0.2, 0.25) is 0 Å². The van der Waals surface area contributed by atoms with Crippen LogP contribution in [-0.2, 0) is 20.5 Å². The van der Waals surface area contributed by atoms with E-state index in [0.717, 1.165) is 16.7 Å². The van der Waals surface area contributed by atoms with E-state index in [4.69, 9.17) is 4.74 Å². The SMILES string of the molecule is CCC(C)(CC(C)(C)c1ccc(O)cc1)C(=O)OC(C)(c1ccccc1)c1ccccc1. The first-order chi connectivity index (χ1) is 15.1. The largest absolute Gasteiger partial charge is 0.508 e. The predicted molar refractivity (Wildman–Crippen MR) is 130 cm³/mol. The number of aromatic hydroxyl groups is 1. The van der Waals surface area contributed by atoms with Crippen molar-refractivity contribution in [3.8, 4) is 5.75 Å². The average Bonchev–Trinajstić information content (AvgIpc) is 2.80. The molecule has 3 nitrogen and oxygen atoms in total. The lowest BCUT2D eigenvalue weighted by molar-refractivity contribution is -0.168. The van der Waals surface area contributed by atoms with Gasteiger partial charge >= 0.3 is 5.97 Å². The van der Waals surface area contributed by atoms with Crippen LogP contribution in [0.4, 0.5) is 0 Å². The first-order valence-corrected chi connectivity index (χ1v) is 11.2. The van der Waals surface area contributed by atoms with Gasteiger partial charge < -0.3 is 9.84 Å². The molecule has 3 aromatic carbocycles. The maximum Gasteiger partial charge on any atom is 0.313 e. The number of hydrogen-bond donors (Lipinski definition) is 1. The van der Waals surface area contributed by atoms with E-state index in [1.807, 2.05) is 93.6 Å². The molecule has 168 valence electrons. The molecule has 0 bridgehead atoms. The van der Waals surface area contributed by atoms with Gasteiger partial charge in [-0.1, -0.05) is 93.6 Å². The lowest BCUT2D eigenvalue weighted by Crippen LogP contribution is -2.41. The third kappa shape index (κ3) is 4.88. The second kappa shape index (κ2) is 9.20. The molecule has 0 fully saturated rings. The molecule has 32 heavy (non-hydrogen) atoms. The second-order valence-corrected chi connectivity index (χ2v) is 9.68. The molecule has 1 atom stereocenters. The van der Waals surface area contributed by atoms with Crippen LogP contribution in [0.5, 0.6) is 5.75 Å². The number of carbonyl (C=O) groups excluding carboxylic acids is 1. The number of benzene rings is 3. The van der Waals surface area contributed by atoms with Crippen LogP contribution in [-0.4, -0.2) is 11.1 Å². The molecule has 3 aromatic rings. The van der Waals surface area contributed by atoms with Gasteiger partial charge in [-0.25, -0.2) is 0 Å². The first-order valence-electron chi connectivity index (χ1n) is 11.2. The predicted octanol–water partition coefficient (Wildman–Crippen LogP) is 6.98. The van der Waals surface area contributed by atoms with Gasteiger partial charge in [-0.05, 0) is 60.9 Å². The zero-order valence-electron chi connectivity index (χ0n) is 19.8. The van der Waals surface area contributed by atoms with Crippen molar-refractivity contribution >= 4 is 5.97 Å². The van der Waals surface area contributed by atoms with Crippen molar-refractivity contribution in [2.24, 2.45) is 5.41 Å². The van der Waals surface area contributed by atoms with Gasteiger partial charge in [0.25, 0.3) is 0 Å². The van der Waals surface area contributed by atoms with Crippen LogP contribution in [0.25, 0.3) is 0 Å². The lowest BCUT2D eigenvalue weighted by Gasteiger charge is -2.39. The van der Waals surface area contributed by atoms with Crippen molar-refractivity contribution in [1.82, 2.24) is 0 Å². The number of rotatable bonds is 8. The van der Waals surface area contributed by atoms with E-state index in [1.54, 1.807) is 12.1 Å². The summed E-state index contributed by atoms with van der Waals surface area (Å²) in [5.74, 6) is 0.0331. The Morgan fingerprint density at radius 3 is 1.66 bits per heavy atom. The molecule has 0 aliphatic carbocycles. The third-order valence-electron chi connectivity index (χ3n) is 6.70. The Labute approximate surface area is 192 Å². The number of ether oxygens (including phenoxy) is 1. The zero-order valence-corrected chi connectivity index (χ0v) is 19.8. The molecule has 3 heteroatoms. The van der Waals surface area contributed by atoms with Crippen LogP contribution >= 0.6 is 0 Å². The maximum atomic E-state index is 13.8. The highest BCUT2D eigenvalue weighted by Gasteiger charge is 2.43. The monoisotopic (exact) mass is 430 g/mol. The molecular weight excluding hydrogens is 396 g/mol. The number of phenolic OH excluding ortho intramolecular Hbond substituents is 1. The van der Waals surface area contributed by atoms with Gasteiger partial charge in [0.15, 0.2) is 5.60 Å². The van der Waals surface area contributed by atoms with Crippen molar-refractivity contribution in [1.29, 1.82) is 0 Å². The minimum absolute atomic E-state index is 0.206. The molecule has 0 aromatic heterocycles. The Kier molecular flexibility index (Phi) is 6.78. The molecule has 0 amide bonds. The Morgan fingerprint density at radius 1 is 0.750 bits per heavy atom. The minimum Gasteiger partial charge on any atom is -0.508 e. The molecule has 0 saturated heterocycles. The van der Waals surface area contributed by atoms with Gasteiger partial charge in [-0.3, -0.25) is 4.79 Å². The van der Waals surface area contributed by atoms with E-state index in [1.165, 1.54) is 0 Å². The van der Waals surface area contributed by atoms with Crippen LogP contribution in [0, 0.1) is 5.41 Å².